The van der Waals surface area contributed by atoms with Crippen LogP contribution >= 0.6 is 11.8 Å². The van der Waals surface area contributed by atoms with Gasteiger partial charge in [-0.1, -0.05) is 26.0 Å². The van der Waals surface area contributed by atoms with Crippen LogP contribution in [0, 0.1) is 0 Å². The van der Waals surface area contributed by atoms with Gasteiger partial charge in [-0.25, -0.2) is 4.68 Å². The summed E-state index contributed by atoms with van der Waals surface area (Å²) in [5.41, 5.74) is 1.28. The number of aryl methyl sites for hydroxylation is 1. The van der Waals surface area contributed by atoms with Crippen molar-refractivity contribution in [1.82, 2.24) is 25.5 Å². The normalized spacial score (nSPS) is 11.1. The van der Waals surface area contributed by atoms with Crippen LogP contribution in [-0.2, 0) is 13.6 Å². The third-order valence-corrected chi connectivity index (χ3v) is 3.46. The van der Waals surface area contributed by atoms with Crippen LogP contribution in [0.25, 0.3) is 0 Å². The minimum atomic E-state index is 0.503. The summed E-state index contributed by atoms with van der Waals surface area (Å²) in [5, 5.41) is 15.6. The average Bonchev–Trinajstić information content (AvgIpc) is 2.74. The van der Waals surface area contributed by atoms with Crippen molar-refractivity contribution < 1.29 is 0 Å². The maximum Gasteiger partial charge on any atom is 0.213 e. The van der Waals surface area contributed by atoms with E-state index < -0.39 is 0 Å². The number of benzene rings is 1. The highest BCUT2D eigenvalue weighted by atomic mass is 32.2. The largest absolute Gasteiger partial charge is 0.310 e. The summed E-state index contributed by atoms with van der Waals surface area (Å²) in [6.45, 7) is 5.19. The van der Waals surface area contributed by atoms with Gasteiger partial charge in [0, 0.05) is 24.5 Å². The van der Waals surface area contributed by atoms with E-state index in [1.807, 2.05) is 7.05 Å². The van der Waals surface area contributed by atoms with E-state index in [1.54, 1.807) is 16.4 Å². The summed E-state index contributed by atoms with van der Waals surface area (Å²) in [6.07, 6.45) is 0. The molecule has 1 aromatic carbocycles. The van der Waals surface area contributed by atoms with Gasteiger partial charge in [0.25, 0.3) is 0 Å². The van der Waals surface area contributed by atoms with Crippen molar-refractivity contribution in [3.63, 3.8) is 0 Å². The van der Waals surface area contributed by atoms with Crippen molar-refractivity contribution in [2.45, 2.75) is 36.5 Å². The molecule has 6 heteroatoms. The van der Waals surface area contributed by atoms with Crippen LogP contribution in [0.4, 0.5) is 0 Å². The molecule has 96 valence electrons. The SMILES string of the molecule is CC(C)NCc1ccc(Sc2nnnn2C)cc1. The second kappa shape index (κ2) is 5.97. The maximum atomic E-state index is 3.95. The Morgan fingerprint density at radius 2 is 2.00 bits per heavy atom. The first-order valence-corrected chi connectivity index (χ1v) is 6.69. The molecule has 1 heterocycles. The van der Waals surface area contributed by atoms with Crippen molar-refractivity contribution in [2.75, 3.05) is 0 Å². The molecule has 0 bridgehead atoms. The Kier molecular flexibility index (Phi) is 4.33. The molecule has 0 amide bonds. The standard InChI is InChI=1S/C12H17N5S/c1-9(2)13-8-10-4-6-11(7-5-10)18-12-14-15-16-17(12)3/h4-7,9,13H,8H2,1-3H3. The van der Waals surface area contributed by atoms with E-state index >= 15 is 0 Å². The Bertz CT molecular complexity index is 491. The van der Waals surface area contributed by atoms with Crippen LogP contribution in [0.5, 0.6) is 0 Å². The zero-order valence-corrected chi connectivity index (χ0v) is 11.6. The van der Waals surface area contributed by atoms with Gasteiger partial charge >= 0.3 is 0 Å². The van der Waals surface area contributed by atoms with Crippen LogP contribution in [-0.4, -0.2) is 26.2 Å². The predicted molar refractivity (Wildman–Crippen MR) is 71.3 cm³/mol. The quantitative estimate of drug-likeness (QED) is 0.892. The summed E-state index contributed by atoms with van der Waals surface area (Å²) >= 11 is 1.56. The van der Waals surface area contributed by atoms with Crippen molar-refractivity contribution in [3.8, 4) is 0 Å². The number of tetrazole rings is 1. The van der Waals surface area contributed by atoms with Gasteiger partial charge in [0.2, 0.25) is 5.16 Å². The lowest BCUT2D eigenvalue weighted by Crippen LogP contribution is -2.21. The summed E-state index contributed by atoms with van der Waals surface area (Å²) in [7, 11) is 1.84. The minimum absolute atomic E-state index is 0.503. The molecule has 0 fully saturated rings. The van der Waals surface area contributed by atoms with Gasteiger partial charge in [0.15, 0.2) is 0 Å². The number of aromatic nitrogens is 4. The molecule has 0 saturated carbocycles. The van der Waals surface area contributed by atoms with Gasteiger partial charge in [-0.05, 0) is 39.9 Å². The van der Waals surface area contributed by atoms with Crippen LogP contribution < -0.4 is 5.32 Å². The molecule has 1 aromatic heterocycles. The molecule has 0 aliphatic carbocycles. The van der Waals surface area contributed by atoms with Crippen LogP contribution in [0.1, 0.15) is 19.4 Å². The van der Waals surface area contributed by atoms with E-state index in [2.05, 4.69) is 59.0 Å². The molecule has 0 unspecified atom stereocenters. The lowest BCUT2D eigenvalue weighted by atomic mass is 10.2. The van der Waals surface area contributed by atoms with E-state index in [4.69, 9.17) is 0 Å². The van der Waals surface area contributed by atoms with Crippen molar-refractivity contribution in [1.29, 1.82) is 0 Å². The number of nitrogens with zero attached hydrogens (tertiary/aromatic N) is 4. The molecule has 0 saturated heterocycles. The Balaban J connectivity index is 1.97. The maximum absolute atomic E-state index is 3.95. The number of hydrogen-bond acceptors (Lipinski definition) is 5. The summed E-state index contributed by atoms with van der Waals surface area (Å²) in [5.74, 6) is 0. The molecule has 0 radical (unpaired) electrons. The van der Waals surface area contributed by atoms with E-state index in [1.165, 1.54) is 5.56 Å². The van der Waals surface area contributed by atoms with Gasteiger partial charge in [-0.3, -0.25) is 0 Å². The lowest BCUT2D eigenvalue weighted by molar-refractivity contribution is 0.588. The molecule has 18 heavy (non-hydrogen) atoms. The third kappa shape index (κ3) is 3.54. The van der Waals surface area contributed by atoms with Gasteiger partial charge in [0.1, 0.15) is 0 Å². The fourth-order valence-electron chi connectivity index (χ4n) is 1.41. The van der Waals surface area contributed by atoms with E-state index in [0.29, 0.717) is 6.04 Å². The van der Waals surface area contributed by atoms with Crippen molar-refractivity contribution >= 4 is 11.8 Å². The topological polar surface area (TPSA) is 55.6 Å². The molecule has 1 N–H and O–H groups in total. The second-order valence-electron chi connectivity index (χ2n) is 4.37. The van der Waals surface area contributed by atoms with Crippen LogP contribution in [0.2, 0.25) is 0 Å². The van der Waals surface area contributed by atoms with E-state index in [-0.39, 0.29) is 0 Å². The number of hydrogen-bond donors (Lipinski definition) is 1. The highest BCUT2D eigenvalue weighted by Crippen LogP contribution is 2.24. The third-order valence-electron chi connectivity index (χ3n) is 2.43. The summed E-state index contributed by atoms with van der Waals surface area (Å²) < 4.78 is 1.67. The molecule has 2 rings (SSSR count). The fraction of sp³-hybridized carbons (Fsp3) is 0.417. The lowest BCUT2D eigenvalue weighted by Gasteiger charge is -2.08. The first-order valence-electron chi connectivity index (χ1n) is 5.87. The summed E-state index contributed by atoms with van der Waals surface area (Å²) in [4.78, 5) is 1.14. The fourth-order valence-corrected chi connectivity index (χ4v) is 2.14. The smallest absolute Gasteiger partial charge is 0.213 e. The van der Waals surface area contributed by atoms with Crippen molar-refractivity contribution in [3.05, 3.63) is 29.8 Å². The molecule has 0 spiro atoms. The highest BCUT2D eigenvalue weighted by Gasteiger charge is 2.04. The highest BCUT2D eigenvalue weighted by molar-refractivity contribution is 7.99. The van der Waals surface area contributed by atoms with Gasteiger partial charge < -0.3 is 5.32 Å². The van der Waals surface area contributed by atoms with Gasteiger partial charge in [-0.15, -0.1) is 5.10 Å². The zero-order valence-electron chi connectivity index (χ0n) is 10.8. The van der Waals surface area contributed by atoms with E-state index in [0.717, 1.165) is 16.6 Å². The molecular formula is C12H17N5S. The van der Waals surface area contributed by atoms with Crippen LogP contribution in [0.15, 0.2) is 34.3 Å². The number of rotatable bonds is 5. The Labute approximate surface area is 111 Å². The number of nitrogens with one attached hydrogen (secondary N) is 1. The Morgan fingerprint density at radius 3 is 2.56 bits per heavy atom. The monoisotopic (exact) mass is 263 g/mol. The first-order chi connectivity index (χ1) is 8.65. The zero-order chi connectivity index (χ0) is 13.0. The molecule has 2 aromatic rings. The molecular weight excluding hydrogens is 246 g/mol. The van der Waals surface area contributed by atoms with Crippen molar-refractivity contribution in [2.24, 2.45) is 7.05 Å². The second-order valence-corrected chi connectivity index (χ2v) is 5.41. The molecule has 0 aliphatic heterocycles. The Morgan fingerprint density at radius 1 is 1.28 bits per heavy atom. The first kappa shape index (κ1) is 13.0. The molecule has 5 nitrogen and oxygen atoms in total. The van der Waals surface area contributed by atoms with E-state index in [9.17, 15) is 0 Å². The molecule has 0 atom stereocenters. The van der Waals surface area contributed by atoms with Gasteiger partial charge in [-0.2, -0.15) is 0 Å². The minimum Gasteiger partial charge on any atom is -0.310 e. The average molecular weight is 263 g/mol. The predicted octanol–water partition coefficient (Wildman–Crippen LogP) is 1.86. The Hall–Kier alpha value is -1.40. The molecule has 0 aliphatic rings. The van der Waals surface area contributed by atoms with Crippen LogP contribution in [0.3, 0.4) is 0 Å². The van der Waals surface area contributed by atoms with Gasteiger partial charge in [0.05, 0.1) is 0 Å². The summed E-state index contributed by atoms with van der Waals surface area (Å²) in [6, 6.07) is 8.94.